The molecule has 3 aromatic rings. The molecule has 1 saturated heterocycles. The first-order valence-corrected chi connectivity index (χ1v) is 12.7. The predicted molar refractivity (Wildman–Crippen MR) is 127 cm³/mol. The van der Waals surface area contributed by atoms with E-state index < -0.39 is 58.0 Å². The first-order valence-electron chi connectivity index (χ1n) is 11.3. The number of hydrogen-bond donors (Lipinski definition) is 0. The van der Waals surface area contributed by atoms with E-state index in [0.717, 1.165) is 32.1 Å². The number of fused-ring (bicyclic) bond motifs is 1. The van der Waals surface area contributed by atoms with Crippen LogP contribution >= 0.6 is 0 Å². The molecule has 202 valence electrons. The number of carbonyl (C=O) groups excluding carboxylic acids is 3. The van der Waals surface area contributed by atoms with Crippen molar-refractivity contribution in [1.82, 2.24) is 18.5 Å². The quantitative estimate of drug-likeness (QED) is 0.295. The first-order chi connectivity index (χ1) is 17.9. The first kappa shape index (κ1) is 26.9. The second-order valence-electron chi connectivity index (χ2n) is 8.50. The molecular formula is C23H24N4O10S. The van der Waals surface area contributed by atoms with E-state index in [0.29, 0.717) is 3.97 Å². The standard InChI is InChI=1S/C23H24N4O10S/c1-12-5-7-16(8-6-12)38(32,33)27-11-25-21-18(22(27)31)24-10-26(21)23-20(36-15(4)30)19(35-14(3)29)17(37-23)9-34-13(2)28/h5-8,10-11,17,19-20,23H,9H2,1-4H3/t17-,19+,20-,23+/m0/s1. The van der Waals surface area contributed by atoms with Gasteiger partial charge in [0.25, 0.3) is 15.6 Å². The zero-order valence-electron chi connectivity index (χ0n) is 20.8. The number of ether oxygens (including phenoxy) is 4. The smallest absolute Gasteiger partial charge is 0.303 e. The molecule has 4 rings (SSSR count). The van der Waals surface area contributed by atoms with Crippen molar-refractivity contribution in [2.24, 2.45) is 0 Å². The van der Waals surface area contributed by atoms with Crippen molar-refractivity contribution < 1.29 is 41.7 Å². The molecular weight excluding hydrogens is 524 g/mol. The van der Waals surface area contributed by atoms with Gasteiger partial charge in [-0.15, -0.1) is 0 Å². The van der Waals surface area contributed by atoms with Gasteiger partial charge in [0.2, 0.25) is 0 Å². The van der Waals surface area contributed by atoms with E-state index in [1.807, 2.05) is 0 Å². The Kier molecular flexibility index (Phi) is 7.33. The summed E-state index contributed by atoms with van der Waals surface area (Å²) in [7, 11) is -4.27. The van der Waals surface area contributed by atoms with Crippen LogP contribution in [0.25, 0.3) is 11.2 Å². The number of rotatable bonds is 7. The van der Waals surface area contributed by atoms with Gasteiger partial charge in [-0.05, 0) is 19.1 Å². The number of hydrogen-bond acceptors (Lipinski definition) is 12. The summed E-state index contributed by atoms with van der Waals surface area (Å²) >= 11 is 0. The van der Waals surface area contributed by atoms with E-state index in [2.05, 4.69) is 9.97 Å². The van der Waals surface area contributed by atoms with Gasteiger partial charge >= 0.3 is 17.9 Å². The van der Waals surface area contributed by atoms with E-state index in [1.54, 1.807) is 19.1 Å². The van der Waals surface area contributed by atoms with Crippen LogP contribution in [-0.2, 0) is 43.4 Å². The van der Waals surface area contributed by atoms with Gasteiger partial charge in [-0.2, -0.15) is 3.97 Å². The Morgan fingerprint density at radius 3 is 2.18 bits per heavy atom. The number of aryl methyl sites for hydroxylation is 1. The van der Waals surface area contributed by atoms with Gasteiger partial charge < -0.3 is 18.9 Å². The second-order valence-corrected chi connectivity index (χ2v) is 10.3. The molecule has 38 heavy (non-hydrogen) atoms. The van der Waals surface area contributed by atoms with E-state index in [1.165, 1.54) is 23.6 Å². The van der Waals surface area contributed by atoms with E-state index in [9.17, 15) is 27.6 Å². The highest BCUT2D eigenvalue weighted by Crippen LogP contribution is 2.35. The fourth-order valence-electron chi connectivity index (χ4n) is 4.00. The highest BCUT2D eigenvalue weighted by Gasteiger charge is 2.51. The Labute approximate surface area is 216 Å². The van der Waals surface area contributed by atoms with Crippen LogP contribution in [-0.4, -0.2) is 69.8 Å². The molecule has 0 N–H and O–H groups in total. The third-order valence-electron chi connectivity index (χ3n) is 5.65. The highest BCUT2D eigenvalue weighted by atomic mass is 32.2. The molecule has 14 nitrogen and oxygen atoms in total. The van der Waals surface area contributed by atoms with Gasteiger partial charge in [0, 0.05) is 20.8 Å². The minimum atomic E-state index is -4.27. The molecule has 1 aliphatic heterocycles. The molecule has 1 aromatic carbocycles. The van der Waals surface area contributed by atoms with Gasteiger partial charge in [-0.25, -0.2) is 18.4 Å². The van der Waals surface area contributed by atoms with E-state index in [4.69, 9.17) is 18.9 Å². The second kappa shape index (κ2) is 10.3. The lowest BCUT2D eigenvalue weighted by atomic mass is 10.1. The van der Waals surface area contributed by atoms with Crippen molar-refractivity contribution in [3.63, 3.8) is 0 Å². The summed E-state index contributed by atoms with van der Waals surface area (Å²) in [4.78, 5) is 56.2. The lowest BCUT2D eigenvalue weighted by molar-refractivity contribution is -0.166. The monoisotopic (exact) mass is 548 g/mol. The van der Waals surface area contributed by atoms with Crippen molar-refractivity contribution >= 4 is 39.1 Å². The minimum absolute atomic E-state index is 0.0813. The summed E-state index contributed by atoms with van der Waals surface area (Å²) in [6, 6.07) is 5.93. The molecule has 0 aliphatic carbocycles. The Bertz CT molecular complexity index is 1560. The van der Waals surface area contributed by atoms with Crippen molar-refractivity contribution in [2.75, 3.05) is 6.61 Å². The molecule has 2 aromatic heterocycles. The maximum absolute atomic E-state index is 13.2. The van der Waals surface area contributed by atoms with Crippen LogP contribution in [0.3, 0.4) is 0 Å². The minimum Gasteiger partial charge on any atom is -0.463 e. The summed E-state index contributed by atoms with van der Waals surface area (Å²) in [5.74, 6) is -2.05. The third-order valence-corrected chi connectivity index (χ3v) is 7.29. The number of benzene rings is 1. The van der Waals surface area contributed by atoms with Crippen LogP contribution in [0.15, 0.2) is 46.6 Å². The largest absolute Gasteiger partial charge is 0.463 e. The molecule has 1 fully saturated rings. The number of carbonyl (C=O) groups is 3. The van der Waals surface area contributed by atoms with Gasteiger partial charge in [-0.3, -0.25) is 23.7 Å². The normalized spacial score (nSPS) is 21.3. The van der Waals surface area contributed by atoms with Crippen molar-refractivity contribution in [2.45, 2.75) is 57.1 Å². The molecule has 3 heterocycles. The summed E-state index contributed by atoms with van der Waals surface area (Å²) in [6.45, 7) is 4.93. The van der Waals surface area contributed by atoms with Crippen LogP contribution in [0.5, 0.6) is 0 Å². The molecule has 0 radical (unpaired) electrons. The molecule has 4 atom stereocenters. The maximum Gasteiger partial charge on any atom is 0.303 e. The SMILES string of the molecule is CC(=O)OC[C@@H]1O[C@@H](n2cnc3c(=O)n(S(=O)(=O)c4ccc(C)cc4)cnc32)[C@@H](OC(C)=O)[C@@H]1OC(C)=O. The number of imidazole rings is 1. The molecule has 0 bridgehead atoms. The molecule has 0 amide bonds. The maximum atomic E-state index is 13.2. The Hall–Kier alpha value is -4.11. The summed E-state index contributed by atoms with van der Waals surface area (Å²) < 4.78 is 49.5. The number of aromatic nitrogens is 4. The highest BCUT2D eigenvalue weighted by molar-refractivity contribution is 7.90. The van der Waals surface area contributed by atoms with Gasteiger partial charge in [0.1, 0.15) is 19.0 Å². The van der Waals surface area contributed by atoms with Crippen LogP contribution in [0.4, 0.5) is 0 Å². The lowest BCUT2D eigenvalue weighted by Gasteiger charge is -2.23. The lowest BCUT2D eigenvalue weighted by Crippen LogP contribution is -2.40. The average Bonchev–Trinajstić information content (AvgIpc) is 3.39. The van der Waals surface area contributed by atoms with Crippen LogP contribution in [0.1, 0.15) is 32.6 Å². The third kappa shape index (κ3) is 5.15. The summed E-state index contributed by atoms with van der Waals surface area (Å²) in [5.41, 5.74) is -0.519. The molecule has 0 unspecified atom stereocenters. The Morgan fingerprint density at radius 1 is 0.947 bits per heavy atom. The van der Waals surface area contributed by atoms with E-state index >= 15 is 0 Å². The van der Waals surface area contributed by atoms with Crippen molar-refractivity contribution in [3.8, 4) is 0 Å². The van der Waals surface area contributed by atoms with Gasteiger partial charge in [0.15, 0.2) is 29.6 Å². The van der Waals surface area contributed by atoms with Gasteiger partial charge in [0.05, 0.1) is 11.2 Å². The predicted octanol–water partition coefficient (Wildman–Crippen LogP) is 0.462. The molecule has 1 aliphatic rings. The van der Waals surface area contributed by atoms with Crippen LogP contribution in [0.2, 0.25) is 0 Å². The molecule has 0 spiro atoms. The fraction of sp³-hybridized carbons (Fsp3) is 0.391. The van der Waals surface area contributed by atoms with Crippen molar-refractivity contribution in [3.05, 3.63) is 52.8 Å². The summed E-state index contributed by atoms with van der Waals surface area (Å²) in [5, 5.41) is 0. The number of nitrogens with zero attached hydrogens (tertiary/aromatic N) is 4. The summed E-state index contributed by atoms with van der Waals surface area (Å²) in [6.07, 6.45) is -2.69. The van der Waals surface area contributed by atoms with Crippen molar-refractivity contribution in [1.29, 1.82) is 0 Å². The average molecular weight is 549 g/mol. The number of esters is 3. The molecule has 15 heteroatoms. The Balaban J connectivity index is 1.77. The topological polar surface area (TPSA) is 175 Å². The van der Waals surface area contributed by atoms with Crippen LogP contribution in [0, 0.1) is 6.92 Å². The van der Waals surface area contributed by atoms with Crippen LogP contribution < -0.4 is 5.56 Å². The fourth-order valence-corrected chi connectivity index (χ4v) is 5.18. The van der Waals surface area contributed by atoms with Gasteiger partial charge in [-0.1, -0.05) is 17.7 Å². The molecule has 0 saturated carbocycles. The zero-order chi connectivity index (χ0) is 27.8. The zero-order valence-corrected chi connectivity index (χ0v) is 21.6. The Morgan fingerprint density at radius 2 is 1.58 bits per heavy atom. The van der Waals surface area contributed by atoms with E-state index in [-0.39, 0.29) is 22.7 Å².